The second-order valence-corrected chi connectivity index (χ2v) is 18.1. The molecule has 1 rings (SSSR count). The number of nitrogens with two attached hydrogens (primary N) is 5. The molecule has 8 atom stereocenters. The van der Waals surface area contributed by atoms with Crippen molar-refractivity contribution in [2.75, 3.05) is 32.7 Å². The lowest BCUT2D eigenvalue weighted by Crippen LogP contribution is -2.60. The number of hydrogen-bond acceptors (Lipinski definition) is 13. The van der Waals surface area contributed by atoms with Crippen LogP contribution >= 0.6 is 0 Å². The zero-order valence-corrected chi connectivity index (χ0v) is 41.5. The standard InChI is InChI=1S/C47H90N12O9/c1-4-7-19-32(52)40(60)53-35(22-10-14-27-48)41(61)54-33(20-8-5-2)43(63)57-37(24-12-16-29-50)46(66)59-31-18-26-39(59)45(65)56-36(23-11-15-28-49)42(62)55-34(21-9-6-3)44(64)58-38(47(67)68)25-13-17-30-51/h32-39H,4-31,48-52H2,1-3H3,(H,53,60)(H,54,61)(H,55,62)(H,56,65)(H,57,63)(H,58,64)(H,67,68)/t32-,33-,34-,35-,36-,37-,38-,39-/m0/s1. The number of carbonyl (C=O) groups excluding carboxylic acids is 7. The molecule has 0 aliphatic carbocycles. The topological polar surface area (TPSA) is 362 Å². The monoisotopic (exact) mass is 967 g/mol. The lowest BCUT2D eigenvalue weighted by atomic mass is 10.0. The Hall–Kier alpha value is -4.44. The average Bonchev–Trinajstić information content (AvgIpc) is 3.82. The number of amides is 7. The van der Waals surface area contributed by atoms with Crippen molar-refractivity contribution >= 4 is 47.3 Å². The Labute approximate surface area is 404 Å². The third kappa shape index (κ3) is 23.7. The highest BCUT2D eigenvalue weighted by Crippen LogP contribution is 2.21. The lowest BCUT2D eigenvalue weighted by molar-refractivity contribution is -0.143. The maximum Gasteiger partial charge on any atom is 0.326 e. The Morgan fingerprint density at radius 2 is 0.809 bits per heavy atom. The van der Waals surface area contributed by atoms with E-state index in [1.54, 1.807) is 0 Å². The molecule has 7 amide bonds. The van der Waals surface area contributed by atoms with Gasteiger partial charge in [-0.25, -0.2) is 4.79 Å². The average molecular weight is 967 g/mol. The van der Waals surface area contributed by atoms with E-state index < -0.39 is 95.7 Å². The number of hydrogen-bond donors (Lipinski definition) is 12. The number of carboxylic acid groups (broad SMARTS) is 1. The molecule has 1 heterocycles. The van der Waals surface area contributed by atoms with Gasteiger partial charge in [0, 0.05) is 6.54 Å². The van der Waals surface area contributed by atoms with Crippen molar-refractivity contribution in [3.63, 3.8) is 0 Å². The van der Waals surface area contributed by atoms with E-state index in [4.69, 9.17) is 28.7 Å². The fourth-order valence-electron chi connectivity index (χ4n) is 8.07. The van der Waals surface area contributed by atoms with Gasteiger partial charge in [-0.15, -0.1) is 0 Å². The number of likely N-dealkylation sites (tertiary alicyclic amines) is 1. The number of rotatable bonds is 39. The minimum Gasteiger partial charge on any atom is -0.480 e. The minimum absolute atomic E-state index is 0.168. The molecule has 0 aromatic carbocycles. The number of unbranched alkanes of at least 4 members (excludes halogenated alkanes) is 7. The summed E-state index contributed by atoms with van der Waals surface area (Å²) in [5.41, 5.74) is 29.0. The second-order valence-electron chi connectivity index (χ2n) is 18.1. The van der Waals surface area contributed by atoms with Crippen LogP contribution in [0.5, 0.6) is 0 Å². The smallest absolute Gasteiger partial charge is 0.326 e. The van der Waals surface area contributed by atoms with Crippen LogP contribution in [-0.4, -0.2) is 138 Å². The summed E-state index contributed by atoms with van der Waals surface area (Å²) in [4.78, 5) is 110. The van der Waals surface area contributed by atoms with E-state index in [1.165, 1.54) is 4.90 Å². The van der Waals surface area contributed by atoms with E-state index in [9.17, 15) is 43.5 Å². The number of nitrogens with zero attached hydrogens (tertiary/aromatic N) is 1. The van der Waals surface area contributed by atoms with Gasteiger partial charge in [0.05, 0.1) is 6.04 Å². The first kappa shape index (κ1) is 61.6. The first-order chi connectivity index (χ1) is 32.6. The highest BCUT2D eigenvalue weighted by Gasteiger charge is 2.40. The molecule has 21 heteroatoms. The summed E-state index contributed by atoms with van der Waals surface area (Å²) >= 11 is 0. The Kier molecular flexibility index (Phi) is 33.1. The van der Waals surface area contributed by atoms with Crippen LogP contribution < -0.4 is 60.6 Å². The van der Waals surface area contributed by atoms with Crippen LogP contribution in [0.1, 0.15) is 168 Å². The molecule has 0 bridgehead atoms. The molecular formula is C47H90N12O9. The van der Waals surface area contributed by atoms with Gasteiger partial charge in [0.25, 0.3) is 0 Å². The quantitative estimate of drug-likeness (QED) is 0.0371. The Balaban J connectivity index is 3.37. The predicted molar refractivity (Wildman–Crippen MR) is 262 cm³/mol. The molecule has 0 unspecified atom stereocenters. The lowest BCUT2D eigenvalue weighted by Gasteiger charge is -2.31. The van der Waals surface area contributed by atoms with Gasteiger partial charge in [0.1, 0.15) is 42.3 Å². The Morgan fingerprint density at radius 3 is 1.22 bits per heavy atom. The van der Waals surface area contributed by atoms with Gasteiger partial charge >= 0.3 is 5.97 Å². The van der Waals surface area contributed by atoms with E-state index in [1.807, 2.05) is 20.8 Å². The van der Waals surface area contributed by atoms with Crippen molar-refractivity contribution in [2.24, 2.45) is 28.7 Å². The molecule has 1 saturated heterocycles. The van der Waals surface area contributed by atoms with Crippen LogP contribution in [0.2, 0.25) is 0 Å². The van der Waals surface area contributed by atoms with Crippen molar-refractivity contribution in [1.29, 1.82) is 0 Å². The summed E-state index contributed by atoms with van der Waals surface area (Å²) < 4.78 is 0. The maximum absolute atomic E-state index is 14.5. The number of aliphatic carboxylic acids is 1. The highest BCUT2D eigenvalue weighted by molar-refractivity contribution is 5.97. The third-order valence-corrected chi connectivity index (χ3v) is 12.3. The van der Waals surface area contributed by atoms with Crippen molar-refractivity contribution in [1.82, 2.24) is 36.8 Å². The molecular weight excluding hydrogens is 877 g/mol. The van der Waals surface area contributed by atoms with Crippen LogP contribution in [0.15, 0.2) is 0 Å². The summed E-state index contributed by atoms with van der Waals surface area (Å²) in [5, 5.41) is 26.4. The minimum atomic E-state index is -1.20. The Morgan fingerprint density at radius 1 is 0.471 bits per heavy atom. The Bertz CT molecular complexity index is 1520. The largest absolute Gasteiger partial charge is 0.480 e. The zero-order chi connectivity index (χ0) is 50.9. The molecule has 68 heavy (non-hydrogen) atoms. The maximum atomic E-state index is 14.5. The fourth-order valence-corrected chi connectivity index (χ4v) is 8.07. The molecule has 0 saturated carbocycles. The van der Waals surface area contributed by atoms with Gasteiger partial charge in [-0.3, -0.25) is 33.6 Å². The van der Waals surface area contributed by atoms with Gasteiger partial charge in [-0.2, -0.15) is 0 Å². The van der Waals surface area contributed by atoms with Gasteiger partial charge in [0.2, 0.25) is 41.4 Å². The number of carboxylic acids is 1. The molecule has 0 aromatic heterocycles. The van der Waals surface area contributed by atoms with Crippen molar-refractivity contribution < 1.29 is 43.5 Å². The molecule has 1 aliphatic rings. The van der Waals surface area contributed by atoms with Crippen LogP contribution in [0.3, 0.4) is 0 Å². The SMILES string of the molecule is CCCC[C@H](NC(=O)[C@H](CCCCN)NC(=O)[C@@H]1CCCN1C(=O)[C@H](CCCCN)NC(=O)[C@H](CCCC)NC(=O)[C@H](CCCCN)NC(=O)[C@@H](N)CCCC)C(=O)N[C@@H](CCCCN)C(=O)O. The number of nitrogens with one attached hydrogen (secondary N) is 6. The molecule has 21 nitrogen and oxygen atoms in total. The van der Waals surface area contributed by atoms with Crippen LogP contribution in [-0.2, 0) is 38.4 Å². The molecule has 0 spiro atoms. The fraction of sp³-hybridized carbons (Fsp3) is 0.830. The van der Waals surface area contributed by atoms with Gasteiger partial charge in [0.15, 0.2) is 0 Å². The third-order valence-electron chi connectivity index (χ3n) is 12.3. The van der Waals surface area contributed by atoms with E-state index in [0.29, 0.717) is 116 Å². The van der Waals surface area contributed by atoms with E-state index in [0.717, 1.165) is 12.8 Å². The molecule has 392 valence electrons. The molecule has 17 N–H and O–H groups in total. The second kappa shape index (κ2) is 36.5. The predicted octanol–water partition coefficient (Wildman–Crippen LogP) is 0.385. The first-order valence-electron chi connectivity index (χ1n) is 25.5. The summed E-state index contributed by atoms with van der Waals surface area (Å²) in [6.07, 6.45) is 11.0. The number of carbonyl (C=O) groups is 8. The summed E-state index contributed by atoms with van der Waals surface area (Å²) in [6.45, 7) is 7.53. The van der Waals surface area contributed by atoms with Crippen molar-refractivity contribution in [2.45, 2.75) is 217 Å². The van der Waals surface area contributed by atoms with Crippen molar-refractivity contribution in [3.05, 3.63) is 0 Å². The molecule has 1 aliphatic heterocycles. The highest BCUT2D eigenvalue weighted by atomic mass is 16.4. The summed E-state index contributed by atoms with van der Waals surface area (Å²) in [6, 6.07) is -8.23. The zero-order valence-electron chi connectivity index (χ0n) is 41.5. The van der Waals surface area contributed by atoms with Crippen LogP contribution in [0, 0.1) is 0 Å². The van der Waals surface area contributed by atoms with Crippen LogP contribution in [0.4, 0.5) is 0 Å². The van der Waals surface area contributed by atoms with Crippen LogP contribution in [0.25, 0.3) is 0 Å². The van der Waals surface area contributed by atoms with E-state index in [-0.39, 0.29) is 51.5 Å². The summed E-state index contributed by atoms with van der Waals surface area (Å²) in [7, 11) is 0. The molecule has 0 aromatic rings. The van der Waals surface area contributed by atoms with E-state index in [2.05, 4.69) is 31.9 Å². The first-order valence-corrected chi connectivity index (χ1v) is 25.5. The van der Waals surface area contributed by atoms with Gasteiger partial charge < -0.3 is 70.6 Å². The normalized spacial score (nSPS) is 16.6. The molecule has 0 radical (unpaired) electrons. The van der Waals surface area contributed by atoms with Gasteiger partial charge in [-0.1, -0.05) is 59.3 Å². The summed E-state index contributed by atoms with van der Waals surface area (Å²) in [5.74, 6) is -5.17. The van der Waals surface area contributed by atoms with Crippen molar-refractivity contribution in [3.8, 4) is 0 Å². The molecule has 1 fully saturated rings. The van der Waals surface area contributed by atoms with Gasteiger partial charge in [-0.05, 0) is 135 Å². The van der Waals surface area contributed by atoms with E-state index >= 15 is 0 Å².